The first kappa shape index (κ1) is 39.4. The fourth-order valence-electron chi connectivity index (χ4n) is 8.17. The van der Waals surface area contributed by atoms with Gasteiger partial charge in [0, 0.05) is 69.3 Å². The van der Waals surface area contributed by atoms with Gasteiger partial charge >= 0.3 is 0 Å². The molecule has 0 bridgehead atoms. The molecular weight excluding hydrogens is 791 g/mol. The van der Waals surface area contributed by atoms with Crippen molar-refractivity contribution in [3.63, 3.8) is 0 Å². The summed E-state index contributed by atoms with van der Waals surface area (Å²) in [5, 5.41) is 1.38. The van der Waals surface area contributed by atoms with Gasteiger partial charge in [-0.2, -0.15) is 4.57 Å². The van der Waals surface area contributed by atoms with Gasteiger partial charge in [0.05, 0.1) is 5.41 Å². The van der Waals surface area contributed by atoms with E-state index in [0.717, 1.165) is 61.8 Å². The van der Waals surface area contributed by atoms with Gasteiger partial charge in [-0.1, -0.05) is 102 Å². The number of hydrogen-bond donors (Lipinski definition) is 0. The van der Waals surface area contributed by atoms with E-state index < -0.39 is 16.0 Å². The number of rotatable bonds is 5. The maximum Gasteiger partial charge on any atom is 0.219 e. The quantitative estimate of drug-likeness (QED) is 0.165. The Morgan fingerprint density at radius 3 is 1.62 bits per heavy atom. The number of anilines is 1. The highest BCUT2D eigenvalue weighted by Crippen LogP contribution is 2.55. The van der Waals surface area contributed by atoms with Crippen LogP contribution < -0.4 is 32.8 Å². The van der Waals surface area contributed by atoms with Crippen molar-refractivity contribution >= 4 is 35.0 Å². The fraction of sp³-hybridized carbons (Fsp3) is 0.104. The summed E-state index contributed by atoms with van der Waals surface area (Å²) in [6, 6.07) is 54.9. The van der Waals surface area contributed by atoms with Crippen molar-refractivity contribution in [2.75, 3.05) is 11.9 Å². The van der Waals surface area contributed by atoms with Crippen molar-refractivity contribution in [2.24, 2.45) is 0 Å². The van der Waals surface area contributed by atoms with E-state index in [4.69, 9.17) is 46.6 Å². The molecule has 9 rings (SSSR count). The van der Waals surface area contributed by atoms with Gasteiger partial charge in [0.25, 0.3) is 0 Å². The highest BCUT2D eigenvalue weighted by Gasteiger charge is 2.58. The van der Waals surface area contributed by atoms with Crippen LogP contribution in [0.15, 0.2) is 164 Å². The molecule has 3 heterocycles. The molecule has 0 fully saturated rings. The minimum Gasteiger partial charge on any atom is -0.462 e. The number of para-hydroxylation sites is 1. The Kier molecular flexibility index (Phi) is 10.4. The molecule has 290 valence electrons. The first-order valence-corrected chi connectivity index (χ1v) is 20.5. The number of nitrogens with zero attached hydrogens (tertiary/aromatic N) is 2. The van der Waals surface area contributed by atoms with Crippen molar-refractivity contribution in [3.05, 3.63) is 185 Å². The third-order valence-electron chi connectivity index (χ3n) is 11.0. The molecule has 0 radical (unpaired) electrons. The number of pyridine rings is 1. The number of ether oxygens (including phenoxy) is 1. The lowest BCUT2D eigenvalue weighted by Gasteiger charge is -2.46. The number of halogens is 3. The van der Waals surface area contributed by atoms with E-state index in [1.807, 2.05) is 30.3 Å². The Labute approximate surface area is 349 Å². The van der Waals surface area contributed by atoms with Crippen LogP contribution in [0.1, 0.15) is 25.0 Å². The average molecular weight is 828 g/mol. The van der Waals surface area contributed by atoms with Crippen LogP contribution in [-0.4, -0.2) is 12.8 Å². The van der Waals surface area contributed by atoms with Crippen LogP contribution in [-0.2, 0) is 5.41 Å². The second-order valence-corrected chi connectivity index (χ2v) is 16.3. The van der Waals surface area contributed by atoms with Gasteiger partial charge in [-0.3, -0.25) is 0 Å². The molecule has 0 amide bonds. The average Bonchev–Trinajstić information content (AvgIpc) is 3.38. The van der Waals surface area contributed by atoms with Crippen LogP contribution in [0.2, 0.25) is 10.0 Å². The minimum absolute atomic E-state index is 0.329. The SMILES string of the molecule is CN1c2ccccc2C(C)(C)C12C=Cc1cc(-[n+]3c(-c4ccc(Cl)cc4)cc(-c4ccccc4)cc3-c3ccc(Cl)cc3)cc(-c3ccccc3)c1O2.[O-][Cl+3]([O-])([O-])[O-]. The summed E-state index contributed by atoms with van der Waals surface area (Å²) in [6.07, 6.45) is 4.50. The van der Waals surface area contributed by atoms with Crippen LogP contribution >= 0.6 is 23.2 Å². The van der Waals surface area contributed by atoms with E-state index in [9.17, 15) is 0 Å². The summed E-state index contributed by atoms with van der Waals surface area (Å²) in [7, 11) is -2.81. The van der Waals surface area contributed by atoms with Gasteiger partial charge in [0.15, 0.2) is 0 Å². The second-order valence-electron chi connectivity index (χ2n) is 14.7. The normalized spacial score (nSPS) is 16.3. The van der Waals surface area contributed by atoms with Gasteiger partial charge in [0.2, 0.25) is 22.8 Å². The molecule has 6 aromatic carbocycles. The maximum atomic E-state index is 8.49. The van der Waals surface area contributed by atoms with Gasteiger partial charge < -0.3 is 9.64 Å². The molecule has 58 heavy (non-hydrogen) atoms. The summed E-state index contributed by atoms with van der Waals surface area (Å²) in [6.45, 7) is 4.56. The largest absolute Gasteiger partial charge is 0.462 e. The molecule has 0 aliphatic carbocycles. The molecule has 1 unspecified atom stereocenters. The molecule has 1 atom stereocenters. The topological polar surface area (TPSA) is 109 Å². The standard InChI is InChI=1S/C48H37Cl2N2O.ClHO4/c1-47(2)42-16-10-11-17-43(42)51(3)48(47)27-26-36-28-40(31-41(46(36)53-48)33-14-8-5-9-15-33)52-44(34-18-22-38(49)23-19-34)29-37(32-12-6-4-7-13-32)30-45(52)35-20-24-39(50)25-21-35;2-1(3,4)5/h4-31H,1-3H3;(H,2,3,4,5)/q+1;/p-1. The molecule has 0 saturated carbocycles. The van der Waals surface area contributed by atoms with Crippen LogP contribution in [0, 0.1) is 10.2 Å². The number of aromatic nitrogens is 1. The van der Waals surface area contributed by atoms with Crippen molar-refractivity contribution in [2.45, 2.75) is 25.0 Å². The summed E-state index contributed by atoms with van der Waals surface area (Å²) in [5.74, 6) is 0.859. The van der Waals surface area contributed by atoms with Crippen molar-refractivity contribution in [1.29, 1.82) is 0 Å². The maximum absolute atomic E-state index is 8.49. The minimum atomic E-state index is -4.94. The predicted octanol–water partition coefficient (Wildman–Crippen LogP) is 7.71. The van der Waals surface area contributed by atoms with Crippen LogP contribution in [0.4, 0.5) is 5.69 Å². The third-order valence-corrected chi connectivity index (χ3v) is 11.5. The zero-order valence-electron chi connectivity index (χ0n) is 31.7. The summed E-state index contributed by atoms with van der Waals surface area (Å²) >= 11 is 12.9. The van der Waals surface area contributed by atoms with E-state index in [-0.39, 0.29) is 5.41 Å². The molecule has 7 nitrogen and oxygen atoms in total. The zero-order chi connectivity index (χ0) is 40.8. The van der Waals surface area contributed by atoms with E-state index in [1.54, 1.807) is 0 Å². The predicted molar refractivity (Wildman–Crippen MR) is 220 cm³/mol. The highest BCUT2D eigenvalue weighted by molar-refractivity contribution is 6.31. The molecule has 7 aromatic rings. The second kappa shape index (κ2) is 15.4. The number of hydrogen-bond acceptors (Lipinski definition) is 6. The first-order chi connectivity index (χ1) is 27.7. The molecule has 10 heteroatoms. The Morgan fingerprint density at radius 1 is 0.586 bits per heavy atom. The van der Waals surface area contributed by atoms with Crippen LogP contribution in [0.3, 0.4) is 0 Å². The fourth-order valence-corrected chi connectivity index (χ4v) is 8.42. The van der Waals surface area contributed by atoms with Crippen LogP contribution in [0.25, 0.3) is 56.5 Å². The molecule has 0 N–H and O–H groups in total. The van der Waals surface area contributed by atoms with Crippen molar-refractivity contribution < 1.29 is 38.2 Å². The molecule has 2 aliphatic rings. The number of fused-ring (bicyclic) bond motifs is 2. The van der Waals surface area contributed by atoms with Gasteiger partial charge in [0.1, 0.15) is 5.75 Å². The Bertz CT molecular complexity index is 2570. The molecule has 0 saturated heterocycles. The lowest BCUT2D eigenvalue weighted by Crippen LogP contribution is -2.68. The van der Waals surface area contributed by atoms with Gasteiger partial charge in [-0.15, -0.1) is 10.2 Å². The third kappa shape index (κ3) is 7.39. The van der Waals surface area contributed by atoms with E-state index in [2.05, 4.69) is 170 Å². The van der Waals surface area contributed by atoms with E-state index >= 15 is 0 Å². The zero-order valence-corrected chi connectivity index (χ0v) is 34.0. The Morgan fingerprint density at radius 2 is 1.09 bits per heavy atom. The molecule has 1 aromatic heterocycles. The lowest BCUT2D eigenvalue weighted by molar-refractivity contribution is -2.00. The van der Waals surface area contributed by atoms with Crippen LogP contribution in [0.5, 0.6) is 5.75 Å². The van der Waals surface area contributed by atoms with Crippen molar-refractivity contribution in [1.82, 2.24) is 0 Å². The van der Waals surface area contributed by atoms with Gasteiger partial charge in [-0.05, 0) is 103 Å². The lowest BCUT2D eigenvalue weighted by atomic mass is 9.76. The Balaban J connectivity index is 0.000000887. The summed E-state index contributed by atoms with van der Waals surface area (Å²) in [4.78, 5) is 2.29. The number of benzene rings is 6. The molecule has 1 spiro atoms. The summed E-state index contributed by atoms with van der Waals surface area (Å²) in [5.41, 5.74) is 11.9. The van der Waals surface area contributed by atoms with E-state index in [0.29, 0.717) is 10.0 Å². The van der Waals surface area contributed by atoms with E-state index in [1.165, 1.54) is 11.3 Å². The first-order valence-electron chi connectivity index (χ1n) is 18.5. The molecule has 2 aliphatic heterocycles. The van der Waals surface area contributed by atoms with Gasteiger partial charge in [-0.25, -0.2) is 18.6 Å². The molecular formula is C48H37Cl3N2O5. The monoisotopic (exact) mass is 826 g/mol. The number of likely N-dealkylation sites (N-methyl/N-ethyl adjacent to an activating group) is 1. The summed E-state index contributed by atoms with van der Waals surface area (Å²) < 4.78 is 43.7. The Hall–Kier alpha value is -5.48. The smallest absolute Gasteiger partial charge is 0.219 e. The van der Waals surface area contributed by atoms with Crippen molar-refractivity contribution in [3.8, 4) is 56.2 Å². The highest BCUT2D eigenvalue weighted by atomic mass is 35.7.